The summed E-state index contributed by atoms with van der Waals surface area (Å²) in [5, 5.41) is 17.5. The zero-order valence-corrected chi connectivity index (χ0v) is 27.1. The molecule has 0 aliphatic heterocycles. The van der Waals surface area contributed by atoms with Gasteiger partial charge in [0.05, 0.1) is 23.7 Å². The molecule has 0 saturated carbocycles. The second kappa shape index (κ2) is 12.0. The number of aromatic nitrogens is 1. The first-order valence-electron chi connectivity index (χ1n) is 16.0. The summed E-state index contributed by atoms with van der Waals surface area (Å²) in [6.45, 7) is 8.50. The zero-order valence-electron chi connectivity index (χ0n) is 26.1. The van der Waals surface area contributed by atoms with Crippen molar-refractivity contribution >= 4 is 56.3 Å². The SMILES string of the molecule is [C-]#[N+]c1cc(-c2ccc(-n3c4ccccc4c4ccccc43)cc2)cc(C#N)c1[Si](c1ccccc1)(c1ccccc1)c1ccccc1. The lowest BCUT2D eigenvalue weighted by Crippen LogP contribution is -2.75. The van der Waals surface area contributed by atoms with E-state index in [9.17, 15) is 5.26 Å². The van der Waals surface area contributed by atoms with Gasteiger partial charge in [-0.2, -0.15) is 5.26 Å². The molecule has 1 aromatic heterocycles. The first-order chi connectivity index (χ1) is 23.7. The van der Waals surface area contributed by atoms with Gasteiger partial charge in [0.1, 0.15) is 0 Å². The lowest BCUT2D eigenvalue weighted by molar-refractivity contribution is 1.18. The maximum Gasteiger partial charge on any atom is 0.189 e. The van der Waals surface area contributed by atoms with Gasteiger partial charge in [0.25, 0.3) is 0 Å². The average molecular weight is 628 g/mol. The normalized spacial score (nSPS) is 11.3. The molecular weight excluding hydrogens is 599 g/mol. The molecule has 0 N–H and O–H groups in total. The third-order valence-corrected chi connectivity index (χ3v) is 14.3. The van der Waals surface area contributed by atoms with Gasteiger partial charge >= 0.3 is 0 Å². The van der Waals surface area contributed by atoms with Crippen molar-refractivity contribution in [3.8, 4) is 22.9 Å². The van der Waals surface area contributed by atoms with Crippen LogP contribution in [0.1, 0.15) is 5.56 Å². The third-order valence-electron chi connectivity index (χ3n) is 9.39. The van der Waals surface area contributed by atoms with Crippen LogP contribution in [0.2, 0.25) is 0 Å². The molecule has 8 rings (SSSR count). The van der Waals surface area contributed by atoms with Gasteiger partial charge in [-0.1, -0.05) is 140 Å². The summed E-state index contributed by atoms with van der Waals surface area (Å²) in [7, 11) is -3.09. The lowest BCUT2D eigenvalue weighted by Gasteiger charge is -2.36. The maximum atomic E-state index is 10.9. The molecule has 0 aliphatic rings. The molecule has 0 amide bonds. The quantitative estimate of drug-likeness (QED) is 0.104. The van der Waals surface area contributed by atoms with Crippen molar-refractivity contribution in [3.63, 3.8) is 0 Å². The van der Waals surface area contributed by atoms with Crippen LogP contribution in [0.3, 0.4) is 0 Å². The minimum absolute atomic E-state index is 0.513. The van der Waals surface area contributed by atoms with Crippen molar-refractivity contribution in [1.82, 2.24) is 4.57 Å². The summed E-state index contributed by atoms with van der Waals surface area (Å²) >= 11 is 0. The van der Waals surface area contributed by atoms with E-state index in [1.807, 2.05) is 30.3 Å². The largest absolute Gasteiger partial charge is 0.309 e. The molecule has 1 heterocycles. The minimum Gasteiger partial charge on any atom is -0.309 e. The summed E-state index contributed by atoms with van der Waals surface area (Å²) < 4.78 is 2.29. The monoisotopic (exact) mass is 627 g/mol. The molecule has 0 aliphatic carbocycles. The molecule has 4 heteroatoms. The van der Waals surface area contributed by atoms with E-state index in [1.54, 1.807) is 0 Å². The molecule has 0 fully saturated rings. The average Bonchev–Trinajstić information content (AvgIpc) is 3.51. The van der Waals surface area contributed by atoms with Crippen molar-refractivity contribution in [2.24, 2.45) is 0 Å². The highest BCUT2D eigenvalue weighted by Crippen LogP contribution is 2.33. The van der Waals surface area contributed by atoms with Crippen LogP contribution in [0.15, 0.2) is 176 Å². The first-order valence-corrected chi connectivity index (χ1v) is 18.0. The van der Waals surface area contributed by atoms with Crippen LogP contribution in [-0.4, -0.2) is 12.6 Å². The summed E-state index contributed by atoms with van der Waals surface area (Å²) in [4.78, 5) is 4.16. The smallest absolute Gasteiger partial charge is 0.189 e. The molecule has 224 valence electrons. The van der Waals surface area contributed by atoms with Crippen LogP contribution < -0.4 is 20.7 Å². The first kappa shape index (κ1) is 29.0. The second-order valence-corrected chi connectivity index (χ2v) is 15.6. The number of benzene rings is 7. The highest BCUT2D eigenvalue weighted by Gasteiger charge is 2.44. The van der Waals surface area contributed by atoms with E-state index >= 15 is 0 Å². The number of hydrogen-bond acceptors (Lipinski definition) is 1. The van der Waals surface area contributed by atoms with Crippen LogP contribution in [0.5, 0.6) is 0 Å². The minimum atomic E-state index is -3.09. The molecule has 0 atom stereocenters. The number of nitrogens with zero attached hydrogens (tertiary/aromatic N) is 3. The molecule has 0 radical (unpaired) electrons. The number of rotatable bonds is 6. The van der Waals surface area contributed by atoms with Crippen molar-refractivity contribution < 1.29 is 0 Å². The van der Waals surface area contributed by atoms with Crippen molar-refractivity contribution in [2.45, 2.75) is 0 Å². The highest BCUT2D eigenvalue weighted by molar-refractivity contribution is 7.20. The Morgan fingerprint density at radius 3 is 1.44 bits per heavy atom. The molecule has 0 spiro atoms. The molecule has 8 aromatic rings. The second-order valence-electron chi connectivity index (χ2n) is 11.9. The van der Waals surface area contributed by atoms with Crippen LogP contribution >= 0.6 is 0 Å². The van der Waals surface area contributed by atoms with E-state index in [2.05, 4.69) is 161 Å². The molecule has 7 aromatic carbocycles. The maximum absolute atomic E-state index is 10.9. The Labute approximate surface area is 281 Å². The number of fused-ring (bicyclic) bond motifs is 3. The number of hydrogen-bond donors (Lipinski definition) is 0. The van der Waals surface area contributed by atoms with E-state index in [-0.39, 0.29) is 0 Å². The van der Waals surface area contributed by atoms with Gasteiger partial charge in [0.15, 0.2) is 13.8 Å². The predicted molar refractivity (Wildman–Crippen MR) is 201 cm³/mol. The molecule has 0 bridgehead atoms. The Kier molecular flexibility index (Phi) is 7.27. The summed E-state index contributed by atoms with van der Waals surface area (Å²) in [5.41, 5.74) is 6.23. The summed E-state index contributed by atoms with van der Waals surface area (Å²) in [6, 6.07) is 63.3. The van der Waals surface area contributed by atoms with Crippen LogP contribution in [0, 0.1) is 17.9 Å². The van der Waals surface area contributed by atoms with Crippen molar-refractivity contribution in [3.05, 3.63) is 193 Å². The summed E-state index contributed by atoms with van der Waals surface area (Å²) in [6.07, 6.45) is 0. The van der Waals surface area contributed by atoms with Crippen molar-refractivity contribution in [1.29, 1.82) is 5.26 Å². The topological polar surface area (TPSA) is 33.1 Å². The third kappa shape index (κ3) is 4.55. The van der Waals surface area contributed by atoms with Gasteiger partial charge in [0, 0.05) is 22.0 Å². The van der Waals surface area contributed by atoms with E-state index in [1.165, 1.54) is 10.8 Å². The van der Waals surface area contributed by atoms with Gasteiger partial charge in [-0.15, -0.1) is 0 Å². The summed E-state index contributed by atoms with van der Waals surface area (Å²) in [5.74, 6) is 0. The molecule has 48 heavy (non-hydrogen) atoms. The molecule has 3 nitrogen and oxygen atoms in total. The van der Waals surface area contributed by atoms with Gasteiger partial charge in [-0.3, -0.25) is 0 Å². The Morgan fingerprint density at radius 2 is 0.979 bits per heavy atom. The van der Waals surface area contributed by atoms with E-state index in [4.69, 9.17) is 6.57 Å². The van der Waals surface area contributed by atoms with E-state index in [0.29, 0.717) is 11.3 Å². The van der Waals surface area contributed by atoms with Crippen molar-refractivity contribution in [2.75, 3.05) is 0 Å². The Balaban J connectivity index is 1.34. The van der Waals surface area contributed by atoms with E-state index in [0.717, 1.165) is 48.6 Å². The van der Waals surface area contributed by atoms with Crippen LogP contribution in [-0.2, 0) is 0 Å². The van der Waals surface area contributed by atoms with E-state index < -0.39 is 8.07 Å². The van der Waals surface area contributed by atoms with Gasteiger partial charge in [0.2, 0.25) is 0 Å². The number of nitriles is 1. The van der Waals surface area contributed by atoms with Gasteiger partial charge in [-0.25, -0.2) is 4.85 Å². The zero-order chi connectivity index (χ0) is 32.5. The van der Waals surface area contributed by atoms with Crippen LogP contribution in [0.25, 0.3) is 43.5 Å². The fourth-order valence-corrected chi connectivity index (χ4v) is 12.4. The number of para-hydroxylation sites is 2. The standard InChI is InChI=1S/C44H29N3Si/c1-46-41-30-33(32-25-27-35(28-26-32)47-42-23-13-11-21-39(42)40-22-12-14-24-43(40)47)29-34(31-45)44(41)48(36-15-5-2-6-16-36,37-17-7-3-8-18-37)38-19-9-4-10-20-38/h2-30H. The highest BCUT2D eigenvalue weighted by atomic mass is 28.3. The van der Waals surface area contributed by atoms with Crippen LogP contribution in [0.4, 0.5) is 5.69 Å². The Bertz CT molecular complexity index is 2320. The Morgan fingerprint density at radius 1 is 0.521 bits per heavy atom. The molecule has 0 unspecified atom stereocenters. The predicted octanol–water partition coefficient (Wildman–Crippen LogP) is 8.25. The molecular formula is C44H29N3Si. The Hall–Kier alpha value is -6.46. The molecule has 0 saturated heterocycles. The fourth-order valence-electron chi connectivity index (χ4n) is 7.37. The lowest BCUT2D eigenvalue weighted by atomic mass is 10.0. The van der Waals surface area contributed by atoms with Gasteiger partial charge < -0.3 is 4.57 Å². The fraction of sp³-hybridized carbons (Fsp3) is 0. The van der Waals surface area contributed by atoms with Gasteiger partial charge in [-0.05, 0) is 68.3 Å².